The van der Waals surface area contributed by atoms with Crippen molar-refractivity contribution in [2.24, 2.45) is 5.11 Å². The summed E-state index contributed by atoms with van der Waals surface area (Å²) in [4.78, 5) is 33.3. The molecule has 2 heterocycles. The number of carbonyl (C=O) groups excluding carboxylic acids is 2. The van der Waals surface area contributed by atoms with Crippen LogP contribution in [0.2, 0.25) is 0 Å². The lowest BCUT2D eigenvalue weighted by Gasteiger charge is -2.41. The van der Waals surface area contributed by atoms with Gasteiger partial charge in [-0.3, -0.25) is 9.80 Å². The van der Waals surface area contributed by atoms with Crippen LogP contribution in [0, 0.1) is 0 Å². The number of hydrogen-bond donors (Lipinski definition) is 2. The zero-order chi connectivity index (χ0) is 47.5. The molecule has 352 valence electrons. The maximum Gasteiger partial charge on any atom is 0.411 e. The third-order valence-corrected chi connectivity index (χ3v) is 13.1. The van der Waals surface area contributed by atoms with Crippen LogP contribution < -0.4 is 0 Å². The molecule has 14 heteroatoms. The molecule has 2 fully saturated rings. The maximum absolute atomic E-state index is 13.5. The second-order valence-corrected chi connectivity index (χ2v) is 18.2. The van der Waals surface area contributed by atoms with E-state index in [0.717, 1.165) is 46.2 Å². The lowest BCUT2D eigenvalue weighted by atomic mass is 9.92. The second-order valence-electron chi connectivity index (χ2n) is 16.6. The molecule has 0 saturated carbocycles. The second kappa shape index (κ2) is 25.8. The van der Waals surface area contributed by atoms with Gasteiger partial charge in [0, 0.05) is 18.0 Å². The van der Waals surface area contributed by atoms with Gasteiger partial charge in [-0.25, -0.2) is 9.59 Å². The van der Waals surface area contributed by atoms with Crippen molar-refractivity contribution >= 4 is 34.8 Å². The highest BCUT2D eigenvalue weighted by atomic mass is 127. The van der Waals surface area contributed by atoms with Crippen LogP contribution in [-0.2, 0) is 45.3 Å². The Kier molecular flexibility index (Phi) is 18.8. The first-order valence-electron chi connectivity index (χ1n) is 22.7. The zero-order valence-electron chi connectivity index (χ0n) is 37.6. The third-order valence-electron chi connectivity index (χ3n) is 11.9. The fraction of sp³-hybridized carbons (Fsp3) is 0.296. The van der Waals surface area contributed by atoms with Crippen LogP contribution >= 0.6 is 22.6 Å². The van der Waals surface area contributed by atoms with Gasteiger partial charge in [0.25, 0.3) is 0 Å². The van der Waals surface area contributed by atoms with Gasteiger partial charge < -0.3 is 29.2 Å². The van der Waals surface area contributed by atoms with Gasteiger partial charge in [0.05, 0.1) is 34.3 Å². The summed E-state index contributed by atoms with van der Waals surface area (Å²) in [7, 11) is 0. The Bertz CT molecular complexity index is 2480. The number of azide groups is 1. The molecule has 2 N–H and O–H groups in total. The minimum Gasteiger partial charge on any atom is -0.445 e. The lowest BCUT2D eigenvalue weighted by molar-refractivity contribution is -0.189. The van der Waals surface area contributed by atoms with Gasteiger partial charge in [-0.15, -0.1) is 0 Å². The van der Waals surface area contributed by atoms with Crippen molar-refractivity contribution in [1.29, 1.82) is 0 Å². The number of aliphatic hydroxyl groups is 2. The molecule has 0 radical (unpaired) electrons. The molecule has 8 rings (SSSR count). The Hall–Kier alpha value is -6.26. The molecular weight excluding hydrogens is 974 g/mol. The smallest absolute Gasteiger partial charge is 0.411 e. The Morgan fingerprint density at radius 2 is 0.912 bits per heavy atom. The van der Waals surface area contributed by atoms with Crippen molar-refractivity contribution in [3.63, 3.8) is 0 Å². The molecule has 2 aliphatic rings. The van der Waals surface area contributed by atoms with Crippen molar-refractivity contribution in [3.05, 3.63) is 226 Å². The number of nitrogens with zero attached hydrogens (tertiary/aromatic N) is 5. The first-order chi connectivity index (χ1) is 33.3. The Balaban J connectivity index is 0.000000202. The topological polar surface area (TPSA) is 167 Å². The predicted octanol–water partition coefficient (Wildman–Crippen LogP) is 11.6. The lowest BCUT2D eigenvalue weighted by Crippen LogP contribution is -2.47. The van der Waals surface area contributed by atoms with E-state index in [4.69, 9.17) is 24.5 Å². The van der Waals surface area contributed by atoms with Crippen LogP contribution in [-0.4, -0.2) is 67.0 Å². The van der Waals surface area contributed by atoms with E-state index < -0.39 is 49.0 Å². The normalized spacial score (nSPS) is 20.8. The monoisotopic (exact) mass is 1030 g/mol. The number of ether oxygens (including phenoxy) is 4. The van der Waals surface area contributed by atoms with Crippen LogP contribution in [0.4, 0.5) is 9.59 Å². The standard InChI is InChI=1S/C27H28INO4.C27H28N4O4/c28-23-16-17-24(33-26(23)30)25(22-14-8-3-9-15-22)29(18-20-10-4-1-5-11-20)27(31)32-19-21-12-6-2-7-13-21;28-30-29-23-16-17-24(35-26(23)32)25(22-14-8-3-9-15-22)31(18-20-10-4-1-5-11-20)27(33)34-19-21-12-6-2-7-13-21/h1-15,23-26,30H,16-19H2;1-15,23-26,32H,16-19H2/t2*23?,24-,25?,26?/m00/s1. The number of benzene rings is 6. The molecule has 0 spiro atoms. The van der Waals surface area contributed by atoms with Gasteiger partial charge in [0.1, 0.15) is 13.2 Å². The first-order valence-corrected chi connectivity index (χ1v) is 24.0. The molecule has 2 amide bonds. The molecule has 0 aromatic heterocycles. The quantitative estimate of drug-likeness (QED) is 0.0337. The highest BCUT2D eigenvalue weighted by Gasteiger charge is 2.41. The number of aliphatic hydroxyl groups excluding tert-OH is 2. The molecule has 0 aliphatic carbocycles. The van der Waals surface area contributed by atoms with Gasteiger partial charge in [-0.05, 0) is 64.6 Å². The van der Waals surface area contributed by atoms with E-state index in [1.807, 2.05) is 182 Å². The summed E-state index contributed by atoms with van der Waals surface area (Å²) >= 11 is 2.22. The number of halogens is 1. The minimum absolute atomic E-state index is 0.0304. The van der Waals surface area contributed by atoms with E-state index in [9.17, 15) is 19.8 Å². The van der Waals surface area contributed by atoms with Crippen molar-refractivity contribution in [1.82, 2.24) is 9.80 Å². The fourth-order valence-electron chi connectivity index (χ4n) is 8.47. The van der Waals surface area contributed by atoms with Gasteiger partial charge in [-0.2, -0.15) is 0 Å². The van der Waals surface area contributed by atoms with E-state index in [1.54, 1.807) is 9.80 Å². The number of rotatable bonds is 15. The van der Waals surface area contributed by atoms with Crippen LogP contribution in [0.3, 0.4) is 0 Å². The molecule has 8 atom stereocenters. The summed E-state index contributed by atoms with van der Waals surface area (Å²) in [5.74, 6) is 0. The summed E-state index contributed by atoms with van der Waals surface area (Å²) in [5, 5.41) is 24.6. The first kappa shape index (κ1) is 49.6. The van der Waals surface area contributed by atoms with Crippen molar-refractivity contribution < 1.29 is 38.7 Å². The Morgan fingerprint density at radius 3 is 1.28 bits per heavy atom. The van der Waals surface area contributed by atoms with E-state index in [1.165, 1.54) is 0 Å². The summed E-state index contributed by atoms with van der Waals surface area (Å²) in [6, 6.07) is 56.6. The zero-order valence-corrected chi connectivity index (χ0v) is 39.7. The van der Waals surface area contributed by atoms with Gasteiger partial charge in [-0.1, -0.05) is 210 Å². The average Bonchev–Trinajstić information content (AvgIpc) is 3.38. The third kappa shape index (κ3) is 14.1. The van der Waals surface area contributed by atoms with Gasteiger partial charge in [0.2, 0.25) is 0 Å². The SMILES string of the molecule is O=C(OCc1ccccc1)N(Cc1ccccc1)C(c1ccccc1)[C@@H]1CCC(I)C(O)O1.[N-]=[N+]=NC1CC[C@@H](C(c2ccccc2)N(Cc2ccccc2)C(=O)OCc2ccccc2)OC1O. The molecule has 6 unspecified atom stereocenters. The summed E-state index contributed by atoms with van der Waals surface area (Å²) in [6.07, 6.45) is -1.39. The van der Waals surface area contributed by atoms with E-state index >= 15 is 0 Å². The summed E-state index contributed by atoms with van der Waals surface area (Å²) in [6.45, 7) is 0.997. The van der Waals surface area contributed by atoms with E-state index in [-0.39, 0.29) is 23.2 Å². The number of alkyl halides is 1. The maximum atomic E-state index is 13.5. The molecule has 2 saturated heterocycles. The van der Waals surface area contributed by atoms with E-state index in [2.05, 4.69) is 32.6 Å². The van der Waals surface area contributed by atoms with E-state index in [0.29, 0.717) is 25.9 Å². The largest absolute Gasteiger partial charge is 0.445 e. The van der Waals surface area contributed by atoms with Crippen molar-refractivity contribution in [3.8, 4) is 0 Å². The van der Waals surface area contributed by atoms with Crippen LogP contribution in [0.15, 0.2) is 187 Å². The molecule has 13 nitrogen and oxygen atoms in total. The molecule has 68 heavy (non-hydrogen) atoms. The number of carbonyl (C=O) groups is 2. The highest BCUT2D eigenvalue weighted by molar-refractivity contribution is 14.1. The van der Waals surface area contributed by atoms with Crippen LogP contribution in [0.25, 0.3) is 10.4 Å². The molecule has 6 aromatic rings. The van der Waals surface area contributed by atoms with Gasteiger partial charge in [0.15, 0.2) is 12.6 Å². The number of hydrogen-bond acceptors (Lipinski definition) is 9. The highest BCUT2D eigenvalue weighted by Crippen LogP contribution is 2.38. The van der Waals surface area contributed by atoms with Crippen LogP contribution in [0.1, 0.15) is 71.1 Å². The fourth-order valence-corrected chi connectivity index (χ4v) is 9.00. The van der Waals surface area contributed by atoms with Crippen LogP contribution in [0.5, 0.6) is 0 Å². The molecule has 6 aromatic carbocycles. The Morgan fingerprint density at radius 1 is 0.559 bits per heavy atom. The summed E-state index contributed by atoms with van der Waals surface area (Å²) < 4.78 is 23.5. The van der Waals surface area contributed by atoms with Crippen molar-refractivity contribution in [2.75, 3.05) is 0 Å². The molecule has 0 bridgehead atoms. The average molecular weight is 1030 g/mol. The minimum atomic E-state index is -1.25. The summed E-state index contributed by atoms with van der Waals surface area (Å²) in [5.41, 5.74) is 14.4. The van der Waals surface area contributed by atoms with Gasteiger partial charge >= 0.3 is 12.2 Å². The predicted molar refractivity (Wildman–Crippen MR) is 267 cm³/mol. The molecular formula is C54H56IN5O8. The van der Waals surface area contributed by atoms with Crippen molar-refractivity contribution in [2.45, 2.75) is 98.8 Å². The Labute approximate surface area is 411 Å². The number of amides is 2. The molecule has 2 aliphatic heterocycles.